The van der Waals surface area contributed by atoms with Crippen LogP contribution in [0.25, 0.3) is 0 Å². The van der Waals surface area contributed by atoms with Gasteiger partial charge in [-0.25, -0.2) is 9.59 Å². The van der Waals surface area contributed by atoms with Gasteiger partial charge in [-0.2, -0.15) is 0 Å². The highest BCUT2D eigenvalue weighted by Crippen LogP contribution is 2.21. The lowest BCUT2D eigenvalue weighted by atomic mass is 10.2. The SMILES string of the molecule is CC1CCN(C(=O)N(CCO)c2ccc(C(=O)O)cc2)C1. The van der Waals surface area contributed by atoms with Crippen molar-refractivity contribution >= 4 is 17.7 Å². The van der Waals surface area contributed by atoms with Gasteiger partial charge in [0.2, 0.25) is 0 Å². The molecule has 0 spiro atoms. The Hall–Kier alpha value is -2.08. The van der Waals surface area contributed by atoms with E-state index in [4.69, 9.17) is 5.11 Å². The van der Waals surface area contributed by atoms with Crippen LogP contribution in [-0.2, 0) is 0 Å². The minimum absolute atomic E-state index is 0.142. The first-order chi connectivity index (χ1) is 10.0. The number of amides is 2. The topological polar surface area (TPSA) is 81.1 Å². The van der Waals surface area contributed by atoms with Gasteiger partial charge in [0.05, 0.1) is 18.7 Å². The number of aliphatic hydroxyl groups excluding tert-OH is 1. The van der Waals surface area contributed by atoms with Crippen molar-refractivity contribution in [3.05, 3.63) is 29.8 Å². The fraction of sp³-hybridized carbons (Fsp3) is 0.467. The fourth-order valence-corrected chi connectivity index (χ4v) is 2.50. The van der Waals surface area contributed by atoms with Gasteiger partial charge in [-0.05, 0) is 36.6 Å². The number of hydrogen-bond donors (Lipinski definition) is 2. The summed E-state index contributed by atoms with van der Waals surface area (Å²) in [6.07, 6.45) is 0.983. The van der Waals surface area contributed by atoms with Crippen LogP contribution in [0.1, 0.15) is 23.7 Å². The van der Waals surface area contributed by atoms with E-state index >= 15 is 0 Å². The average molecular weight is 292 g/mol. The van der Waals surface area contributed by atoms with Crippen LogP contribution in [0, 0.1) is 5.92 Å². The molecule has 6 heteroatoms. The number of carbonyl (C=O) groups excluding carboxylic acids is 1. The molecule has 1 aliphatic rings. The first-order valence-electron chi connectivity index (χ1n) is 7.03. The molecule has 1 unspecified atom stereocenters. The summed E-state index contributed by atoms with van der Waals surface area (Å²) >= 11 is 0. The predicted octanol–water partition coefficient (Wildman–Crippen LogP) is 1.65. The Morgan fingerprint density at radius 1 is 1.33 bits per heavy atom. The number of anilines is 1. The number of rotatable bonds is 4. The van der Waals surface area contributed by atoms with Crippen LogP contribution in [0.4, 0.5) is 10.5 Å². The quantitative estimate of drug-likeness (QED) is 0.884. The summed E-state index contributed by atoms with van der Waals surface area (Å²) in [5.74, 6) is -0.519. The number of likely N-dealkylation sites (tertiary alicyclic amines) is 1. The van der Waals surface area contributed by atoms with Crippen molar-refractivity contribution in [3.8, 4) is 0 Å². The van der Waals surface area contributed by atoms with Crippen LogP contribution in [-0.4, -0.2) is 53.4 Å². The van der Waals surface area contributed by atoms with E-state index in [1.807, 2.05) is 0 Å². The number of carboxylic acid groups (broad SMARTS) is 1. The summed E-state index contributed by atoms with van der Waals surface area (Å²) in [5.41, 5.74) is 0.767. The molecule has 1 saturated heterocycles. The number of urea groups is 1. The minimum atomic E-state index is -1.00. The van der Waals surface area contributed by atoms with Crippen molar-refractivity contribution in [2.45, 2.75) is 13.3 Å². The maximum atomic E-state index is 12.5. The van der Waals surface area contributed by atoms with Crippen LogP contribution in [0.2, 0.25) is 0 Å². The molecule has 1 aromatic rings. The van der Waals surface area contributed by atoms with E-state index in [1.165, 1.54) is 17.0 Å². The first kappa shape index (κ1) is 15.3. The standard InChI is InChI=1S/C15H20N2O4/c1-11-6-7-16(10-11)15(21)17(8-9-18)13-4-2-12(3-5-13)14(19)20/h2-5,11,18H,6-10H2,1H3,(H,19,20). The molecule has 0 aliphatic carbocycles. The third-order valence-electron chi connectivity index (χ3n) is 3.67. The Bertz CT molecular complexity index is 515. The molecule has 0 bridgehead atoms. The normalized spacial score (nSPS) is 17.8. The van der Waals surface area contributed by atoms with E-state index in [2.05, 4.69) is 6.92 Å². The molecule has 0 aromatic heterocycles. The van der Waals surface area contributed by atoms with Crippen molar-refractivity contribution in [1.82, 2.24) is 4.90 Å². The zero-order chi connectivity index (χ0) is 15.4. The van der Waals surface area contributed by atoms with E-state index in [1.54, 1.807) is 17.0 Å². The summed E-state index contributed by atoms with van der Waals surface area (Å²) < 4.78 is 0. The summed E-state index contributed by atoms with van der Waals surface area (Å²) in [6.45, 7) is 3.58. The lowest BCUT2D eigenvalue weighted by molar-refractivity contribution is 0.0697. The Labute approximate surface area is 123 Å². The molecule has 0 radical (unpaired) electrons. The molecule has 1 atom stereocenters. The maximum Gasteiger partial charge on any atom is 0.335 e. The van der Waals surface area contributed by atoms with E-state index in [-0.39, 0.29) is 24.7 Å². The van der Waals surface area contributed by atoms with Crippen molar-refractivity contribution in [2.75, 3.05) is 31.1 Å². The third kappa shape index (κ3) is 3.52. The van der Waals surface area contributed by atoms with Crippen LogP contribution in [0.3, 0.4) is 0 Å². The molecule has 1 aromatic carbocycles. The number of hydrogen-bond acceptors (Lipinski definition) is 3. The summed E-state index contributed by atoms with van der Waals surface area (Å²) in [4.78, 5) is 26.6. The second-order valence-corrected chi connectivity index (χ2v) is 5.35. The molecule has 2 amide bonds. The largest absolute Gasteiger partial charge is 0.478 e. The molecular weight excluding hydrogens is 272 g/mol. The van der Waals surface area contributed by atoms with Crippen LogP contribution in [0.15, 0.2) is 24.3 Å². The smallest absolute Gasteiger partial charge is 0.335 e. The molecule has 2 rings (SSSR count). The van der Waals surface area contributed by atoms with Gasteiger partial charge in [0.25, 0.3) is 0 Å². The number of carbonyl (C=O) groups is 2. The van der Waals surface area contributed by atoms with E-state index < -0.39 is 5.97 Å². The van der Waals surface area contributed by atoms with Crippen molar-refractivity contribution in [1.29, 1.82) is 0 Å². The third-order valence-corrected chi connectivity index (χ3v) is 3.67. The monoisotopic (exact) mass is 292 g/mol. The number of aromatic carboxylic acids is 1. The molecule has 1 fully saturated rings. The first-order valence-corrected chi connectivity index (χ1v) is 7.03. The van der Waals surface area contributed by atoms with Crippen LogP contribution < -0.4 is 4.90 Å². The molecule has 114 valence electrons. The van der Waals surface area contributed by atoms with Gasteiger partial charge < -0.3 is 15.1 Å². The van der Waals surface area contributed by atoms with Gasteiger partial charge in [0.1, 0.15) is 0 Å². The summed E-state index contributed by atoms with van der Waals surface area (Å²) in [6, 6.07) is 5.97. The molecule has 2 N–H and O–H groups in total. The minimum Gasteiger partial charge on any atom is -0.478 e. The second-order valence-electron chi connectivity index (χ2n) is 5.35. The molecule has 1 aliphatic heterocycles. The van der Waals surface area contributed by atoms with E-state index in [0.29, 0.717) is 18.2 Å². The Morgan fingerprint density at radius 2 is 2.00 bits per heavy atom. The van der Waals surface area contributed by atoms with Crippen molar-refractivity contribution < 1.29 is 19.8 Å². The number of benzene rings is 1. The van der Waals surface area contributed by atoms with E-state index in [0.717, 1.165) is 13.0 Å². The number of aliphatic hydroxyl groups is 1. The van der Waals surface area contributed by atoms with Crippen molar-refractivity contribution in [3.63, 3.8) is 0 Å². The summed E-state index contributed by atoms with van der Waals surface area (Å²) in [5, 5.41) is 18.1. The van der Waals surface area contributed by atoms with Gasteiger partial charge >= 0.3 is 12.0 Å². The van der Waals surface area contributed by atoms with Gasteiger partial charge in [-0.15, -0.1) is 0 Å². The Balaban J connectivity index is 2.17. The molecule has 21 heavy (non-hydrogen) atoms. The zero-order valence-corrected chi connectivity index (χ0v) is 12.0. The maximum absolute atomic E-state index is 12.5. The highest BCUT2D eigenvalue weighted by molar-refractivity contribution is 5.93. The lowest BCUT2D eigenvalue weighted by Gasteiger charge is -2.27. The highest BCUT2D eigenvalue weighted by Gasteiger charge is 2.27. The van der Waals surface area contributed by atoms with Crippen LogP contribution in [0.5, 0.6) is 0 Å². The summed E-state index contributed by atoms with van der Waals surface area (Å²) in [7, 11) is 0. The molecule has 1 heterocycles. The van der Waals surface area contributed by atoms with Gasteiger partial charge in [-0.1, -0.05) is 6.92 Å². The second kappa shape index (κ2) is 6.58. The van der Waals surface area contributed by atoms with Gasteiger partial charge in [0, 0.05) is 18.8 Å². The number of carboxylic acids is 1. The van der Waals surface area contributed by atoms with Crippen molar-refractivity contribution in [2.24, 2.45) is 5.92 Å². The van der Waals surface area contributed by atoms with Crippen LogP contribution >= 0.6 is 0 Å². The number of nitrogens with zero attached hydrogens (tertiary/aromatic N) is 2. The van der Waals surface area contributed by atoms with E-state index in [9.17, 15) is 14.7 Å². The highest BCUT2D eigenvalue weighted by atomic mass is 16.4. The molecular formula is C15H20N2O4. The lowest BCUT2D eigenvalue weighted by Crippen LogP contribution is -2.43. The Morgan fingerprint density at radius 3 is 2.48 bits per heavy atom. The molecule has 6 nitrogen and oxygen atoms in total. The fourth-order valence-electron chi connectivity index (χ4n) is 2.50. The zero-order valence-electron chi connectivity index (χ0n) is 12.0. The van der Waals surface area contributed by atoms with Gasteiger partial charge in [-0.3, -0.25) is 4.90 Å². The van der Waals surface area contributed by atoms with Gasteiger partial charge in [0.15, 0.2) is 0 Å². The Kier molecular flexibility index (Phi) is 4.80. The molecule has 0 saturated carbocycles. The predicted molar refractivity (Wildman–Crippen MR) is 78.6 cm³/mol. The average Bonchev–Trinajstić information content (AvgIpc) is 2.91.